The van der Waals surface area contributed by atoms with E-state index in [1.54, 1.807) is 35.0 Å². The van der Waals surface area contributed by atoms with Crippen molar-refractivity contribution in [2.45, 2.75) is 19.7 Å². The molecule has 6 nitrogen and oxygen atoms in total. The van der Waals surface area contributed by atoms with Gasteiger partial charge in [0.05, 0.1) is 12.1 Å². The number of halogens is 2. The molecule has 0 atom stereocenters. The van der Waals surface area contributed by atoms with Crippen molar-refractivity contribution in [3.05, 3.63) is 89.5 Å². The number of hydrogen-bond donors (Lipinski definition) is 1. The zero-order chi connectivity index (χ0) is 20.9. The number of hydrogen-bond acceptors (Lipinski definition) is 4. The molecule has 8 heteroatoms. The van der Waals surface area contributed by atoms with E-state index in [0.717, 1.165) is 16.6 Å². The first-order valence-electron chi connectivity index (χ1n) is 9.28. The van der Waals surface area contributed by atoms with Crippen LogP contribution < -0.4 is 10.1 Å². The molecule has 0 spiro atoms. The number of para-hydroxylation sites is 2. The molecule has 0 radical (unpaired) electrons. The van der Waals surface area contributed by atoms with Gasteiger partial charge in [0, 0.05) is 17.7 Å². The molecule has 4 aromatic rings. The number of nitrogens with zero attached hydrogens (tertiary/aromatic N) is 3. The largest absolute Gasteiger partial charge is 0.434 e. The summed E-state index contributed by atoms with van der Waals surface area (Å²) in [6.07, 6.45) is 0. The van der Waals surface area contributed by atoms with Gasteiger partial charge < -0.3 is 10.1 Å². The minimum absolute atomic E-state index is 0.0446. The van der Waals surface area contributed by atoms with Crippen LogP contribution in [0.5, 0.6) is 5.75 Å². The van der Waals surface area contributed by atoms with Crippen LogP contribution in [-0.2, 0) is 13.1 Å². The van der Waals surface area contributed by atoms with E-state index in [1.165, 1.54) is 6.07 Å². The van der Waals surface area contributed by atoms with Gasteiger partial charge in [-0.05, 0) is 35.9 Å². The number of carbonyl (C=O) groups excluding carboxylic acids is 1. The van der Waals surface area contributed by atoms with Crippen molar-refractivity contribution in [2.24, 2.45) is 0 Å². The lowest BCUT2D eigenvalue weighted by molar-refractivity contribution is -0.0504. The van der Waals surface area contributed by atoms with Gasteiger partial charge in [-0.15, -0.1) is 5.10 Å². The van der Waals surface area contributed by atoms with Crippen LogP contribution in [0.4, 0.5) is 8.78 Å². The van der Waals surface area contributed by atoms with Gasteiger partial charge in [-0.2, -0.15) is 8.78 Å². The molecule has 152 valence electrons. The number of ether oxygens (including phenoxy) is 1. The Morgan fingerprint density at radius 1 is 1.00 bits per heavy atom. The van der Waals surface area contributed by atoms with Crippen molar-refractivity contribution in [3.63, 3.8) is 0 Å². The molecule has 1 heterocycles. The van der Waals surface area contributed by atoms with E-state index in [0.29, 0.717) is 17.7 Å². The van der Waals surface area contributed by atoms with E-state index < -0.39 is 6.61 Å². The fraction of sp³-hybridized carbons (Fsp3) is 0.136. The highest BCUT2D eigenvalue weighted by Crippen LogP contribution is 2.20. The summed E-state index contributed by atoms with van der Waals surface area (Å²) in [7, 11) is 0. The maximum absolute atomic E-state index is 12.5. The van der Waals surface area contributed by atoms with Crippen molar-refractivity contribution in [1.29, 1.82) is 0 Å². The maximum Gasteiger partial charge on any atom is 0.387 e. The highest BCUT2D eigenvalue weighted by molar-refractivity contribution is 5.94. The van der Waals surface area contributed by atoms with Gasteiger partial charge in [-0.1, -0.05) is 47.7 Å². The third-order valence-electron chi connectivity index (χ3n) is 4.60. The van der Waals surface area contributed by atoms with E-state index in [1.807, 2.05) is 36.4 Å². The molecule has 0 bridgehead atoms. The lowest BCUT2D eigenvalue weighted by Gasteiger charge is -2.11. The van der Waals surface area contributed by atoms with Crippen molar-refractivity contribution in [2.75, 3.05) is 0 Å². The molecule has 0 aliphatic heterocycles. The highest BCUT2D eigenvalue weighted by atomic mass is 19.3. The van der Waals surface area contributed by atoms with Crippen LogP contribution in [0.1, 0.15) is 21.5 Å². The number of rotatable bonds is 7. The smallest absolute Gasteiger partial charge is 0.387 e. The van der Waals surface area contributed by atoms with Crippen LogP contribution in [0.25, 0.3) is 11.0 Å². The number of alkyl halides is 2. The van der Waals surface area contributed by atoms with Crippen molar-refractivity contribution < 1.29 is 18.3 Å². The first-order valence-corrected chi connectivity index (χ1v) is 9.28. The standard InChI is InChI=1S/C22H18F2N4O2/c23-22(24)30-20-8-4-1-5-17(20)13-25-21(29)16-11-9-15(10-12-16)14-28-19-7-3-2-6-18(19)26-27-28/h1-12,22H,13-14H2,(H,25,29). The van der Waals surface area contributed by atoms with Gasteiger partial charge in [-0.25, -0.2) is 4.68 Å². The SMILES string of the molecule is O=C(NCc1ccccc1OC(F)F)c1ccc(Cn2nnc3ccccc32)cc1. The number of benzene rings is 3. The Bertz CT molecular complexity index is 1160. The first-order chi connectivity index (χ1) is 14.6. The molecule has 1 aromatic heterocycles. The van der Waals surface area contributed by atoms with Gasteiger partial charge in [0.25, 0.3) is 5.91 Å². The molecule has 0 aliphatic carbocycles. The quantitative estimate of drug-likeness (QED) is 0.502. The van der Waals surface area contributed by atoms with Gasteiger partial charge in [0.1, 0.15) is 11.3 Å². The fourth-order valence-electron chi connectivity index (χ4n) is 3.11. The summed E-state index contributed by atoms with van der Waals surface area (Å²) in [5.74, 6) is -0.261. The topological polar surface area (TPSA) is 69.0 Å². The molecule has 0 unspecified atom stereocenters. The molecule has 0 fully saturated rings. The molecule has 0 saturated heterocycles. The lowest BCUT2D eigenvalue weighted by Crippen LogP contribution is -2.23. The van der Waals surface area contributed by atoms with Crippen molar-refractivity contribution >= 4 is 16.9 Å². The zero-order valence-electron chi connectivity index (χ0n) is 15.8. The summed E-state index contributed by atoms with van der Waals surface area (Å²) in [6, 6.07) is 21.2. The Morgan fingerprint density at radius 3 is 2.53 bits per heavy atom. The normalized spacial score (nSPS) is 11.0. The Hall–Kier alpha value is -3.81. The number of carbonyl (C=O) groups is 1. The molecule has 0 aliphatic rings. The summed E-state index contributed by atoms with van der Waals surface area (Å²) >= 11 is 0. The third kappa shape index (κ3) is 4.43. The van der Waals surface area contributed by atoms with Crippen LogP contribution in [0.2, 0.25) is 0 Å². The van der Waals surface area contributed by atoms with Gasteiger partial charge in [0.2, 0.25) is 0 Å². The van der Waals surface area contributed by atoms with Crippen LogP contribution in [0.15, 0.2) is 72.8 Å². The van der Waals surface area contributed by atoms with E-state index in [2.05, 4.69) is 20.4 Å². The number of amides is 1. The molecule has 30 heavy (non-hydrogen) atoms. The Balaban J connectivity index is 1.40. The summed E-state index contributed by atoms with van der Waals surface area (Å²) in [4.78, 5) is 12.4. The summed E-state index contributed by atoms with van der Waals surface area (Å²) in [5, 5.41) is 11.0. The predicted octanol–water partition coefficient (Wildman–Crippen LogP) is 4.01. The monoisotopic (exact) mass is 408 g/mol. The van der Waals surface area contributed by atoms with Crippen LogP contribution >= 0.6 is 0 Å². The molecule has 0 saturated carbocycles. The molecular weight excluding hydrogens is 390 g/mol. The van der Waals surface area contributed by atoms with E-state index in [-0.39, 0.29) is 18.2 Å². The Morgan fingerprint density at radius 2 is 1.73 bits per heavy atom. The molecule has 1 N–H and O–H groups in total. The molecular formula is C22H18F2N4O2. The Kier molecular flexibility index (Phi) is 5.65. The van der Waals surface area contributed by atoms with Gasteiger partial charge in [0.15, 0.2) is 0 Å². The lowest BCUT2D eigenvalue weighted by atomic mass is 10.1. The Labute approximate surface area is 171 Å². The maximum atomic E-state index is 12.5. The van der Waals surface area contributed by atoms with Crippen molar-refractivity contribution in [1.82, 2.24) is 20.3 Å². The average Bonchev–Trinajstić information content (AvgIpc) is 3.16. The summed E-state index contributed by atoms with van der Waals surface area (Å²) in [6.45, 7) is -2.31. The van der Waals surface area contributed by atoms with Crippen LogP contribution in [-0.4, -0.2) is 27.5 Å². The summed E-state index contributed by atoms with van der Waals surface area (Å²) in [5.41, 5.74) is 3.67. The van der Waals surface area contributed by atoms with Crippen LogP contribution in [0.3, 0.4) is 0 Å². The number of nitrogens with one attached hydrogen (secondary N) is 1. The van der Waals surface area contributed by atoms with E-state index in [4.69, 9.17) is 0 Å². The van der Waals surface area contributed by atoms with Gasteiger partial charge in [-0.3, -0.25) is 4.79 Å². The van der Waals surface area contributed by atoms with E-state index in [9.17, 15) is 13.6 Å². The average molecular weight is 408 g/mol. The second kappa shape index (κ2) is 8.69. The fourth-order valence-corrected chi connectivity index (χ4v) is 3.11. The minimum atomic E-state index is -2.92. The van der Waals surface area contributed by atoms with E-state index >= 15 is 0 Å². The molecule has 1 amide bonds. The predicted molar refractivity (Wildman–Crippen MR) is 107 cm³/mol. The number of aromatic nitrogens is 3. The molecule has 4 rings (SSSR count). The van der Waals surface area contributed by atoms with Crippen LogP contribution in [0, 0.1) is 0 Å². The third-order valence-corrected chi connectivity index (χ3v) is 4.60. The van der Waals surface area contributed by atoms with Gasteiger partial charge >= 0.3 is 6.61 Å². The zero-order valence-corrected chi connectivity index (χ0v) is 15.8. The first kappa shape index (κ1) is 19.5. The second-order valence-corrected chi connectivity index (χ2v) is 6.60. The second-order valence-electron chi connectivity index (χ2n) is 6.60. The molecule has 3 aromatic carbocycles. The number of fused-ring (bicyclic) bond motifs is 1. The highest BCUT2D eigenvalue weighted by Gasteiger charge is 2.11. The minimum Gasteiger partial charge on any atom is -0.434 e. The summed E-state index contributed by atoms with van der Waals surface area (Å²) < 4.78 is 31.3. The van der Waals surface area contributed by atoms with Crippen molar-refractivity contribution in [3.8, 4) is 5.75 Å².